The molecule has 1 heterocycles. The Balaban J connectivity index is 1.69. The molecule has 1 aliphatic heterocycles. The highest BCUT2D eigenvalue weighted by atomic mass is 19.1. The number of amides is 1. The Bertz CT molecular complexity index is 766. The minimum Gasteiger partial charge on any atom is -0.309 e. The van der Waals surface area contributed by atoms with Crippen LogP contribution in [0.2, 0.25) is 0 Å². The predicted molar refractivity (Wildman–Crippen MR) is 98.8 cm³/mol. The van der Waals surface area contributed by atoms with Crippen LogP contribution < -0.4 is 4.90 Å². The molecule has 0 atom stereocenters. The Morgan fingerprint density at radius 2 is 1.63 bits per heavy atom. The molecule has 2 aromatic rings. The number of hydrogen-bond acceptors (Lipinski definition) is 2. The third-order valence-electron chi connectivity index (χ3n) is 5.04. The molecule has 1 fully saturated rings. The molecule has 0 radical (unpaired) electrons. The number of halogens is 3. The zero-order valence-corrected chi connectivity index (χ0v) is 15.3. The molecule has 1 saturated heterocycles. The highest BCUT2D eigenvalue weighted by molar-refractivity contribution is 5.93. The molecular formula is C21H23F3N2O. The Kier molecular flexibility index (Phi) is 6.16. The van der Waals surface area contributed by atoms with Gasteiger partial charge in [-0.1, -0.05) is 13.0 Å². The molecule has 2 aromatic carbocycles. The summed E-state index contributed by atoms with van der Waals surface area (Å²) in [6.07, 6.45) is 1.75. The van der Waals surface area contributed by atoms with E-state index in [2.05, 4.69) is 0 Å². The van der Waals surface area contributed by atoms with Crippen LogP contribution in [0.1, 0.15) is 31.7 Å². The maximum atomic E-state index is 13.9. The van der Waals surface area contributed by atoms with Gasteiger partial charge in [-0.15, -0.1) is 0 Å². The highest BCUT2D eigenvalue weighted by Gasteiger charge is 2.29. The van der Waals surface area contributed by atoms with Crippen LogP contribution in [-0.4, -0.2) is 29.9 Å². The van der Waals surface area contributed by atoms with Crippen molar-refractivity contribution >= 4 is 11.6 Å². The van der Waals surface area contributed by atoms with E-state index in [1.54, 1.807) is 24.0 Å². The van der Waals surface area contributed by atoms with E-state index in [4.69, 9.17) is 0 Å². The molecule has 1 aliphatic rings. The minimum atomic E-state index is -0.536. The largest absolute Gasteiger partial charge is 0.309 e. The first kappa shape index (κ1) is 19.4. The molecule has 3 rings (SSSR count). The monoisotopic (exact) mass is 376 g/mol. The lowest BCUT2D eigenvalue weighted by Crippen LogP contribution is -2.47. The second kappa shape index (κ2) is 8.57. The van der Waals surface area contributed by atoms with Crippen molar-refractivity contribution in [2.24, 2.45) is 0 Å². The first-order valence-corrected chi connectivity index (χ1v) is 9.22. The van der Waals surface area contributed by atoms with Gasteiger partial charge in [0.2, 0.25) is 5.91 Å². The number of hydrogen-bond donors (Lipinski definition) is 0. The number of benzene rings is 2. The van der Waals surface area contributed by atoms with Crippen molar-refractivity contribution < 1.29 is 18.0 Å². The van der Waals surface area contributed by atoms with Crippen LogP contribution >= 0.6 is 0 Å². The molecule has 3 nitrogen and oxygen atoms in total. The van der Waals surface area contributed by atoms with Gasteiger partial charge in [-0.05, 0) is 49.2 Å². The highest BCUT2D eigenvalue weighted by Crippen LogP contribution is 2.26. The van der Waals surface area contributed by atoms with Crippen LogP contribution in [0.15, 0.2) is 42.5 Å². The van der Waals surface area contributed by atoms with Crippen molar-refractivity contribution in [2.75, 3.05) is 18.0 Å². The topological polar surface area (TPSA) is 23.6 Å². The van der Waals surface area contributed by atoms with Crippen LogP contribution in [0.4, 0.5) is 18.9 Å². The Morgan fingerprint density at radius 3 is 2.19 bits per heavy atom. The standard InChI is InChI=1S/C21H23F3N2O/c1-2-21(27)26(16-8-6-15(22)7-9-16)17-10-12-25(13-11-17)14-18-19(23)4-3-5-20(18)24/h3-9,17H,2,10-14H2,1H3. The van der Waals surface area contributed by atoms with Crippen molar-refractivity contribution in [3.63, 3.8) is 0 Å². The second-order valence-corrected chi connectivity index (χ2v) is 6.80. The van der Waals surface area contributed by atoms with Gasteiger partial charge in [0.1, 0.15) is 17.5 Å². The van der Waals surface area contributed by atoms with Gasteiger partial charge in [0, 0.05) is 43.3 Å². The maximum Gasteiger partial charge on any atom is 0.226 e. The van der Waals surface area contributed by atoms with Crippen molar-refractivity contribution in [1.29, 1.82) is 0 Å². The fourth-order valence-corrected chi connectivity index (χ4v) is 3.57. The first-order chi connectivity index (χ1) is 13.0. The summed E-state index contributed by atoms with van der Waals surface area (Å²) < 4.78 is 41.0. The average Bonchev–Trinajstić information content (AvgIpc) is 2.67. The van der Waals surface area contributed by atoms with E-state index in [0.717, 1.165) is 0 Å². The SMILES string of the molecule is CCC(=O)N(c1ccc(F)cc1)C1CCN(Cc2c(F)cccc2F)CC1. The van der Waals surface area contributed by atoms with Gasteiger partial charge in [-0.3, -0.25) is 9.69 Å². The lowest BCUT2D eigenvalue weighted by atomic mass is 10.0. The van der Waals surface area contributed by atoms with Crippen LogP contribution in [-0.2, 0) is 11.3 Å². The van der Waals surface area contributed by atoms with Crippen LogP contribution in [0.3, 0.4) is 0 Å². The first-order valence-electron chi connectivity index (χ1n) is 9.22. The van der Waals surface area contributed by atoms with E-state index in [1.807, 2.05) is 4.90 Å². The zero-order valence-electron chi connectivity index (χ0n) is 15.3. The van der Waals surface area contributed by atoms with E-state index < -0.39 is 11.6 Å². The van der Waals surface area contributed by atoms with Crippen LogP contribution in [0.5, 0.6) is 0 Å². The number of carbonyl (C=O) groups excluding carboxylic acids is 1. The van der Waals surface area contributed by atoms with Crippen molar-refractivity contribution in [3.8, 4) is 0 Å². The summed E-state index contributed by atoms with van der Waals surface area (Å²) in [5, 5.41) is 0. The number of piperidine rings is 1. The summed E-state index contributed by atoms with van der Waals surface area (Å²) in [5.74, 6) is -1.43. The third kappa shape index (κ3) is 4.50. The number of carbonyl (C=O) groups is 1. The van der Waals surface area contributed by atoms with E-state index >= 15 is 0 Å². The molecule has 0 aliphatic carbocycles. The van der Waals surface area contributed by atoms with Crippen molar-refractivity contribution in [3.05, 3.63) is 65.5 Å². The smallest absolute Gasteiger partial charge is 0.226 e. The van der Waals surface area contributed by atoms with Crippen LogP contribution in [0, 0.1) is 17.5 Å². The fourth-order valence-electron chi connectivity index (χ4n) is 3.57. The molecule has 0 saturated carbocycles. The normalized spacial score (nSPS) is 15.7. The molecule has 27 heavy (non-hydrogen) atoms. The van der Waals surface area contributed by atoms with E-state index in [1.165, 1.54) is 30.3 Å². The molecule has 1 amide bonds. The number of likely N-dealkylation sites (tertiary alicyclic amines) is 1. The van der Waals surface area contributed by atoms with Crippen molar-refractivity contribution in [1.82, 2.24) is 4.90 Å². The lowest BCUT2D eigenvalue weighted by Gasteiger charge is -2.38. The van der Waals surface area contributed by atoms with Crippen LogP contribution in [0.25, 0.3) is 0 Å². The van der Waals surface area contributed by atoms with Gasteiger partial charge in [0.05, 0.1) is 0 Å². The summed E-state index contributed by atoms with van der Waals surface area (Å²) >= 11 is 0. The molecule has 0 N–H and O–H groups in total. The lowest BCUT2D eigenvalue weighted by molar-refractivity contribution is -0.119. The summed E-state index contributed by atoms with van der Waals surface area (Å²) in [4.78, 5) is 16.2. The summed E-state index contributed by atoms with van der Waals surface area (Å²) in [6, 6.07) is 9.81. The number of nitrogens with zero attached hydrogens (tertiary/aromatic N) is 2. The quantitative estimate of drug-likeness (QED) is 0.767. The summed E-state index contributed by atoms with van der Waals surface area (Å²) in [5.41, 5.74) is 0.762. The Labute approximate surface area is 157 Å². The van der Waals surface area contributed by atoms with E-state index in [-0.39, 0.29) is 29.9 Å². The van der Waals surface area contributed by atoms with E-state index in [9.17, 15) is 18.0 Å². The zero-order chi connectivity index (χ0) is 19.4. The minimum absolute atomic E-state index is 0.00960. The fraction of sp³-hybridized carbons (Fsp3) is 0.381. The molecule has 0 spiro atoms. The molecule has 144 valence electrons. The van der Waals surface area contributed by atoms with Gasteiger partial charge < -0.3 is 4.90 Å². The molecule has 0 bridgehead atoms. The van der Waals surface area contributed by atoms with Gasteiger partial charge in [-0.25, -0.2) is 13.2 Å². The average molecular weight is 376 g/mol. The van der Waals surface area contributed by atoms with Gasteiger partial charge in [0.25, 0.3) is 0 Å². The summed E-state index contributed by atoms with van der Waals surface area (Å²) in [7, 11) is 0. The molecular weight excluding hydrogens is 353 g/mol. The van der Waals surface area contributed by atoms with Gasteiger partial charge in [-0.2, -0.15) is 0 Å². The predicted octanol–water partition coefficient (Wildman–Crippen LogP) is 4.51. The Morgan fingerprint density at radius 1 is 1.04 bits per heavy atom. The second-order valence-electron chi connectivity index (χ2n) is 6.80. The Hall–Kier alpha value is -2.34. The molecule has 6 heteroatoms. The molecule has 0 aromatic heterocycles. The number of rotatable bonds is 5. The van der Waals surface area contributed by atoms with Gasteiger partial charge >= 0.3 is 0 Å². The summed E-state index contributed by atoms with van der Waals surface area (Å²) in [6.45, 7) is 3.28. The van der Waals surface area contributed by atoms with E-state index in [0.29, 0.717) is 38.0 Å². The van der Waals surface area contributed by atoms with Crippen molar-refractivity contribution in [2.45, 2.75) is 38.8 Å². The number of anilines is 1. The maximum absolute atomic E-state index is 13.9. The van der Waals surface area contributed by atoms with Gasteiger partial charge in [0.15, 0.2) is 0 Å². The third-order valence-corrected chi connectivity index (χ3v) is 5.04. The molecule has 0 unspecified atom stereocenters.